The van der Waals surface area contributed by atoms with Crippen molar-refractivity contribution in [3.63, 3.8) is 0 Å². The molecule has 2 rings (SSSR count). The normalized spacial score (nSPS) is 11.6. The fourth-order valence-corrected chi connectivity index (χ4v) is 6.59. The molecule has 0 aromatic heterocycles. The first kappa shape index (κ1) is 21.9. The quantitative estimate of drug-likeness (QED) is 0.275. The third-order valence-corrected chi connectivity index (χ3v) is 9.19. The first-order chi connectivity index (χ1) is 13.3. The molecule has 1 nitrogen and oxygen atoms in total. The minimum Gasteiger partial charge on any atom is -0.408 e. The second-order valence-electron chi connectivity index (χ2n) is 7.80. The Morgan fingerprint density at radius 2 is 1.00 bits per heavy atom. The van der Waals surface area contributed by atoms with Crippen molar-refractivity contribution in [2.75, 3.05) is 6.61 Å². The minimum absolute atomic E-state index is 0.878. The van der Waals surface area contributed by atoms with Crippen molar-refractivity contribution < 1.29 is 4.43 Å². The number of hydrogen-bond donors (Lipinski definition) is 0. The van der Waals surface area contributed by atoms with Crippen LogP contribution < -0.4 is 10.4 Å². The summed E-state index contributed by atoms with van der Waals surface area (Å²) in [4.78, 5) is 0. The van der Waals surface area contributed by atoms with E-state index in [1.54, 1.807) is 0 Å². The van der Waals surface area contributed by atoms with Gasteiger partial charge < -0.3 is 4.43 Å². The molecule has 0 aliphatic heterocycles. The predicted molar refractivity (Wildman–Crippen MR) is 122 cm³/mol. The zero-order chi connectivity index (χ0) is 19.2. The van der Waals surface area contributed by atoms with Gasteiger partial charge in [-0.1, -0.05) is 125 Å². The van der Waals surface area contributed by atoms with Gasteiger partial charge in [-0.15, -0.1) is 0 Å². The third kappa shape index (κ3) is 7.63. The lowest BCUT2D eigenvalue weighted by Gasteiger charge is -2.28. The van der Waals surface area contributed by atoms with Crippen LogP contribution in [-0.2, 0) is 4.43 Å². The third-order valence-electron chi connectivity index (χ3n) is 5.54. The molecule has 0 fully saturated rings. The molecule has 0 aliphatic carbocycles. The molecule has 0 aliphatic rings. The van der Waals surface area contributed by atoms with Gasteiger partial charge in [0.05, 0.1) is 0 Å². The van der Waals surface area contributed by atoms with Gasteiger partial charge in [-0.2, -0.15) is 0 Å². The predicted octanol–water partition coefficient (Wildman–Crippen LogP) is 6.31. The Morgan fingerprint density at radius 3 is 1.44 bits per heavy atom. The molecule has 0 bridgehead atoms. The van der Waals surface area contributed by atoms with Crippen molar-refractivity contribution in [2.24, 2.45) is 0 Å². The maximum absolute atomic E-state index is 6.61. The van der Waals surface area contributed by atoms with Crippen molar-refractivity contribution in [1.82, 2.24) is 0 Å². The van der Waals surface area contributed by atoms with Gasteiger partial charge >= 0.3 is 0 Å². The summed E-state index contributed by atoms with van der Waals surface area (Å²) < 4.78 is 6.61. The van der Waals surface area contributed by atoms with Gasteiger partial charge in [0, 0.05) is 6.61 Å². The molecule has 0 amide bonds. The molecule has 148 valence electrons. The summed E-state index contributed by atoms with van der Waals surface area (Å²) >= 11 is 0. The van der Waals surface area contributed by atoms with Gasteiger partial charge in [0.25, 0.3) is 8.32 Å². The second-order valence-corrected chi connectivity index (χ2v) is 11.3. The number of benzene rings is 2. The lowest BCUT2D eigenvalue weighted by atomic mass is 10.1. The smallest absolute Gasteiger partial charge is 0.252 e. The van der Waals surface area contributed by atoms with Crippen molar-refractivity contribution in [3.05, 3.63) is 60.7 Å². The standard InChI is InChI=1S/C25H38OSi/c1-3-4-5-6-7-8-9-10-11-18-23-26-27(2,24-19-14-12-15-20-24)25-21-16-13-17-22-25/h12-17,19-22H,3-11,18,23H2,1-2H3. The van der Waals surface area contributed by atoms with Gasteiger partial charge in [0.1, 0.15) is 0 Å². The zero-order valence-electron chi connectivity index (χ0n) is 17.5. The van der Waals surface area contributed by atoms with Gasteiger partial charge in [-0.05, 0) is 23.3 Å². The maximum atomic E-state index is 6.61. The molecular formula is C25H38OSi. The Hall–Kier alpha value is -1.38. The average molecular weight is 383 g/mol. The first-order valence-electron chi connectivity index (χ1n) is 11.0. The average Bonchev–Trinajstić information content (AvgIpc) is 2.73. The molecule has 2 aromatic rings. The summed E-state index contributed by atoms with van der Waals surface area (Å²) in [5, 5.41) is 2.73. The lowest BCUT2D eigenvalue weighted by molar-refractivity contribution is 0.305. The van der Waals surface area contributed by atoms with E-state index in [1.165, 1.54) is 74.6 Å². The fraction of sp³-hybridized carbons (Fsp3) is 0.520. The van der Waals surface area contributed by atoms with Crippen LogP contribution in [0.4, 0.5) is 0 Å². The number of rotatable bonds is 14. The Balaban J connectivity index is 1.73. The van der Waals surface area contributed by atoms with Gasteiger partial charge in [0.15, 0.2) is 0 Å². The highest BCUT2D eigenvalue weighted by molar-refractivity contribution is 6.96. The number of unbranched alkanes of at least 4 members (excludes halogenated alkanes) is 9. The molecule has 27 heavy (non-hydrogen) atoms. The highest BCUT2D eigenvalue weighted by atomic mass is 28.4. The monoisotopic (exact) mass is 382 g/mol. The van der Waals surface area contributed by atoms with E-state index in [0.29, 0.717) is 0 Å². The van der Waals surface area contributed by atoms with Crippen molar-refractivity contribution in [3.8, 4) is 0 Å². The zero-order valence-corrected chi connectivity index (χ0v) is 18.5. The minimum atomic E-state index is -2.10. The molecular weight excluding hydrogens is 344 g/mol. The van der Waals surface area contributed by atoms with Crippen LogP contribution >= 0.6 is 0 Å². The summed E-state index contributed by atoms with van der Waals surface area (Å²) in [6, 6.07) is 21.6. The van der Waals surface area contributed by atoms with Crippen LogP contribution in [0.25, 0.3) is 0 Å². The molecule has 0 atom stereocenters. The van der Waals surface area contributed by atoms with Crippen LogP contribution in [0.1, 0.15) is 71.1 Å². The Kier molecular flexibility index (Phi) is 10.5. The van der Waals surface area contributed by atoms with Crippen LogP contribution in [0.15, 0.2) is 60.7 Å². The van der Waals surface area contributed by atoms with Crippen molar-refractivity contribution >= 4 is 18.7 Å². The van der Waals surface area contributed by atoms with E-state index in [0.717, 1.165) is 6.61 Å². The highest BCUT2D eigenvalue weighted by Crippen LogP contribution is 2.12. The summed E-state index contributed by atoms with van der Waals surface area (Å²) in [5.41, 5.74) is 0. The second kappa shape index (κ2) is 12.9. The SMILES string of the molecule is CCCCCCCCCCCCO[Si](C)(c1ccccc1)c1ccccc1. The lowest BCUT2D eigenvalue weighted by Crippen LogP contribution is -2.58. The van der Waals surface area contributed by atoms with Gasteiger partial charge in [-0.3, -0.25) is 0 Å². The summed E-state index contributed by atoms with van der Waals surface area (Å²) in [6.45, 7) is 5.50. The van der Waals surface area contributed by atoms with E-state index >= 15 is 0 Å². The molecule has 0 saturated heterocycles. The summed E-state index contributed by atoms with van der Waals surface area (Å²) in [6.07, 6.45) is 13.6. The van der Waals surface area contributed by atoms with Gasteiger partial charge in [0.2, 0.25) is 0 Å². The van der Waals surface area contributed by atoms with Gasteiger partial charge in [-0.25, -0.2) is 0 Å². The van der Waals surface area contributed by atoms with E-state index in [4.69, 9.17) is 4.43 Å². The molecule has 0 radical (unpaired) electrons. The molecule has 0 unspecified atom stereocenters. The largest absolute Gasteiger partial charge is 0.408 e. The fourth-order valence-electron chi connectivity index (χ4n) is 3.71. The molecule has 0 heterocycles. The topological polar surface area (TPSA) is 9.23 Å². The van der Waals surface area contributed by atoms with Crippen molar-refractivity contribution in [2.45, 2.75) is 77.7 Å². The van der Waals surface area contributed by atoms with E-state index in [9.17, 15) is 0 Å². The number of hydrogen-bond acceptors (Lipinski definition) is 1. The van der Waals surface area contributed by atoms with E-state index in [2.05, 4.69) is 74.1 Å². The highest BCUT2D eigenvalue weighted by Gasteiger charge is 2.33. The molecule has 0 spiro atoms. The summed E-state index contributed by atoms with van der Waals surface area (Å²) in [5.74, 6) is 0. The molecule has 2 aromatic carbocycles. The Labute approximate surface area is 168 Å². The van der Waals surface area contributed by atoms with Crippen LogP contribution in [0.3, 0.4) is 0 Å². The van der Waals surface area contributed by atoms with Crippen LogP contribution in [0.5, 0.6) is 0 Å². The van der Waals surface area contributed by atoms with Crippen LogP contribution in [0, 0.1) is 0 Å². The van der Waals surface area contributed by atoms with Crippen molar-refractivity contribution in [1.29, 1.82) is 0 Å². The summed E-state index contributed by atoms with van der Waals surface area (Å²) in [7, 11) is -2.10. The van der Waals surface area contributed by atoms with E-state index in [-0.39, 0.29) is 0 Å². The van der Waals surface area contributed by atoms with Crippen LogP contribution in [-0.4, -0.2) is 14.9 Å². The molecule has 0 N–H and O–H groups in total. The van der Waals surface area contributed by atoms with E-state index in [1.807, 2.05) is 0 Å². The first-order valence-corrected chi connectivity index (χ1v) is 13.4. The molecule has 2 heteroatoms. The Morgan fingerprint density at radius 1 is 0.593 bits per heavy atom. The van der Waals surface area contributed by atoms with Crippen LogP contribution in [0.2, 0.25) is 6.55 Å². The van der Waals surface area contributed by atoms with E-state index < -0.39 is 8.32 Å². The Bertz CT molecular complexity index is 557. The molecule has 0 saturated carbocycles. The maximum Gasteiger partial charge on any atom is 0.252 e.